The first-order chi connectivity index (χ1) is 6.15. The van der Waals surface area contributed by atoms with Crippen molar-refractivity contribution < 1.29 is 10.2 Å². The molecule has 0 fully saturated rings. The standard InChI is InChI=1S/C9H14N2O2/c1-6(13)9(10)7-2-3-8(5-12)11-4-7/h2-4,6,9,12-13H,5,10H2,1H3/t6-,9+/m0/s1. The highest BCUT2D eigenvalue weighted by molar-refractivity contribution is 5.17. The molecule has 72 valence electrons. The van der Waals surface area contributed by atoms with Crippen molar-refractivity contribution in [3.63, 3.8) is 0 Å². The topological polar surface area (TPSA) is 79.4 Å². The molecular weight excluding hydrogens is 168 g/mol. The van der Waals surface area contributed by atoms with Crippen LogP contribution in [0.4, 0.5) is 0 Å². The van der Waals surface area contributed by atoms with Crippen molar-refractivity contribution in [3.05, 3.63) is 29.6 Å². The molecule has 0 amide bonds. The summed E-state index contributed by atoms with van der Waals surface area (Å²) in [5.74, 6) is 0. The fraction of sp³-hybridized carbons (Fsp3) is 0.444. The molecule has 0 aliphatic heterocycles. The molecule has 4 N–H and O–H groups in total. The average molecular weight is 182 g/mol. The van der Waals surface area contributed by atoms with Crippen LogP contribution >= 0.6 is 0 Å². The van der Waals surface area contributed by atoms with Gasteiger partial charge in [-0.05, 0) is 18.6 Å². The van der Waals surface area contributed by atoms with Gasteiger partial charge in [-0.2, -0.15) is 0 Å². The summed E-state index contributed by atoms with van der Waals surface area (Å²) in [5, 5.41) is 17.9. The highest BCUT2D eigenvalue weighted by Gasteiger charge is 2.11. The third-order valence-electron chi connectivity index (χ3n) is 1.91. The Morgan fingerprint density at radius 2 is 2.23 bits per heavy atom. The maximum Gasteiger partial charge on any atom is 0.0852 e. The second kappa shape index (κ2) is 4.32. The van der Waals surface area contributed by atoms with E-state index in [1.807, 2.05) is 0 Å². The summed E-state index contributed by atoms with van der Waals surface area (Å²) in [5.41, 5.74) is 7.05. The van der Waals surface area contributed by atoms with Crippen LogP contribution in [0.25, 0.3) is 0 Å². The van der Waals surface area contributed by atoms with Crippen molar-refractivity contribution in [3.8, 4) is 0 Å². The Kier molecular flexibility index (Phi) is 3.36. The Morgan fingerprint density at radius 3 is 2.62 bits per heavy atom. The minimum atomic E-state index is -0.596. The predicted molar refractivity (Wildman–Crippen MR) is 48.8 cm³/mol. The van der Waals surface area contributed by atoms with Crippen molar-refractivity contribution in [2.24, 2.45) is 5.73 Å². The number of rotatable bonds is 3. The van der Waals surface area contributed by atoms with E-state index in [9.17, 15) is 5.11 Å². The lowest BCUT2D eigenvalue weighted by atomic mass is 10.1. The van der Waals surface area contributed by atoms with Gasteiger partial charge in [0.25, 0.3) is 0 Å². The molecule has 1 rings (SSSR count). The fourth-order valence-corrected chi connectivity index (χ4v) is 1.01. The number of hydrogen-bond acceptors (Lipinski definition) is 4. The molecule has 1 aromatic rings. The van der Waals surface area contributed by atoms with Crippen LogP contribution in [0.15, 0.2) is 18.3 Å². The second-order valence-electron chi connectivity index (χ2n) is 3.01. The summed E-state index contributed by atoms with van der Waals surface area (Å²) >= 11 is 0. The molecular formula is C9H14N2O2. The number of hydrogen-bond donors (Lipinski definition) is 3. The van der Waals surface area contributed by atoms with E-state index < -0.39 is 12.1 Å². The molecule has 4 heteroatoms. The van der Waals surface area contributed by atoms with E-state index in [4.69, 9.17) is 10.8 Å². The number of aliphatic hydroxyl groups excluding tert-OH is 2. The highest BCUT2D eigenvalue weighted by atomic mass is 16.3. The molecule has 0 spiro atoms. The van der Waals surface area contributed by atoms with Gasteiger partial charge in [0.2, 0.25) is 0 Å². The predicted octanol–water partition coefficient (Wildman–Crippen LogP) is -0.0455. The number of nitrogens with two attached hydrogens (primary N) is 1. The first-order valence-electron chi connectivity index (χ1n) is 4.14. The Bertz CT molecular complexity index is 259. The van der Waals surface area contributed by atoms with Crippen molar-refractivity contribution in [2.45, 2.75) is 25.7 Å². The van der Waals surface area contributed by atoms with Gasteiger partial charge in [-0.3, -0.25) is 4.98 Å². The molecule has 0 unspecified atom stereocenters. The number of aromatic nitrogens is 1. The number of pyridine rings is 1. The normalized spacial score (nSPS) is 15.4. The van der Waals surface area contributed by atoms with Crippen LogP contribution < -0.4 is 5.73 Å². The molecule has 0 aliphatic carbocycles. The highest BCUT2D eigenvalue weighted by Crippen LogP contribution is 2.12. The molecule has 0 aromatic carbocycles. The maximum absolute atomic E-state index is 9.20. The zero-order valence-electron chi connectivity index (χ0n) is 7.51. The Labute approximate surface area is 77.0 Å². The van der Waals surface area contributed by atoms with E-state index in [0.29, 0.717) is 5.69 Å². The van der Waals surface area contributed by atoms with Crippen molar-refractivity contribution in [1.82, 2.24) is 4.98 Å². The maximum atomic E-state index is 9.20. The Balaban J connectivity index is 2.79. The third kappa shape index (κ3) is 2.48. The molecule has 0 saturated heterocycles. The second-order valence-corrected chi connectivity index (χ2v) is 3.01. The van der Waals surface area contributed by atoms with Crippen molar-refractivity contribution in [1.29, 1.82) is 0 Å². The molecule has 0 saturated carbocycles. The largest absolute Gasteiger partial charge is 0.391 e. The summed E-state index contributed by atoms with van der Waals surface area (Å²) in [6.07, 6.45) is 0.977. The van der Waals surface area contributed by atoms with Gasteiger partial charge in [0.15, 0.2) is 0 Å². The summed E-state index contributed by atoms with van der Waals surface area (Å²) in [7, 11) is 0. The summed E-state index contributed by atoms with van der Waals surface area (Å²) in [6, 6.07) is 3.04. The Morgan fingerprint density at radius 1 is 1.54 bits per heavy atom. The SMILES string of the molecule is C[C@H](O)[C@@H](N)c1ccc(CO)nc1. The molecule has 0 bridgehead atoms. The van der Waals surface area contributed by atoms with Crippen molar-refractivity contribution >= 4 is 0 Å². The van der Waals surface area contributed by atoms with Crippen molar-refractivity contribution in [2.75, 3.05) is 0 Å². The van der Waals surface area contributed by atoms with Gasteiger partial charge in [-0.1, -0.05) is 6.07 Å². The summed E-state index contributed by atoms with van der Waals surface area (Å²) in [6.45, 7) is 1.55. The zero-order valence-corrected chi connectivity index (χ0v) is 7.51. The molecule has 1 heterocycles. The number of nitrogens with zero attached hydrogens (tertiary/aromatic N) is 1. The third-order valence-corrected chi connectivity index (χ3v) is 1.91. The Hall–Kier alpha value is -0.970. The van der Waals surface area contributed by atoms with Crippen LogP contribution in [0.1, 0.15) is 24.2 Å². The quantitative estimate of drug-likeness (QED) is 0.612. The fourth-order valence-electron chi connectivity index (χ4n) is 1.01. The van der Waals surface area contributed by atoms with Gasteiger partial charge < -0.3 is 15.9 Å². The van der Waals surface area contributed by atoms with Gasteiger partial charge in [0, 0.05) is 6.20 Å². The van der Waals surface area contributed by atoms with Crippen LogP contribution in [-0.4, -0.2) is 21.3 Å². The number of aliphatic hydroxyl groups is 2. The van der Waals surface area contributed by atoms with E-state index in [1.165, 1.54) is 0 Å². The van der Waals surface area contributed by atoms with E-state index in [1.54, 1.807) is 25.3 Å². The lowest BCUT2D eigenvalue weighted by molar-refractivity contribution is 0.164. The summed E-state index contributed by atoms with van der Waals surface area (Å²) < 4.78 is 0. The lowest BCUT2D eigenvalue weighted by Crippen LogP contribution is -2.23. The van der Waals surface area contributed by atoms with Gasteiger partial charge in [-0.25, -0.2) is 0 Å². The zero-order chi connectivity index (χ0) is 9.84. The molecule has 0 aliphatic rings. The molecule has 1 aromatic heterocycles. The van der Waals surface area contributed by atoms with E-state index in [0.717, 1.165) is 5.56 Å². The van der Waals surface area contributed by atoms with Crippen LogP contribution in [0.2, 0.25) is 0 Å². The van der Waals surface area contributed by atoms with E-state index in [2.05, 4.69) is 4.98 Å². The first kappa shape index (κ1) is 10.1. The van der Waals surface area contributed by atoms with Crippen LogP contribution in [0, 0.1) is 0 Å². The van der Waals surface area contributed by atoms with Gasteiger partial charge >= 0.3 is 0 Å². The average Bonchev–Trinajstić information content (AvgIpc) is 2.17. The molecule has 2 atom stereocenters. The first-order valence-corrected chi connectivity index (χ1v) is 4.14. The van der Waals surface area contributed by atoms with Gasteiger partial charge in [0.1, 0.15) is 0 Å². The van der Waals surface area contributed by atoms with Gasteiger partial charge in [-0.15, -0.1) is 0 Å². The van der Waals surface area contributed by atoms with Crippen LogP contribution in [-0.2, 0) is 6.61 Å². The summed E-state index contributed by atoms with van der Waals surface area (Å²) in [4.78, 5) is 3.96. The minimum Gasteiger partial charge on any atom is -0.391 e. The monoisotopic (exact) mass is 182 g/mol. The minimum absolute atomic E-state index is 0.0792. The van der Waals surface area contributed by atoms with E-state index >= 15 is 0 Å². The lowest BCUT2D eigenvalue weighted by Gasteiger charge is -2.14. The van der Waals surface area contributed by atoms with Gasteiger partial charge in [0.05, 0.1) is 24.4 Å². The molecule has 13 heavy (non-hydrogen) atoms. The molecule has 0 radical (unpaired) electrons. The molecule has 4 nitrogen and oxygen atoms in total. The van der Waals surface area contributed by atoms with Crippen LogP contribution in [0.3, 0.4) is 0 Å². The van der Waals surface area contributed by atoms with Crippen LogP contribution in [0.5, 0.6) is 0 Å². The van der Waals surface area contributed by atoms with E-state index in [-0.39, 0.29) is 6.61 Å². The smallest absolute Gasteiger partial charge is 0.0852 e.